The summed E-state index contributed by atoms with van der Waals surface area (Å²) in [6.07, 6.45) is 0.397. The van der Waals surface area contributed by atoms with E-state index in [2.05, 4.69) is 4.74 Å². The summed E-state index contributed by atoms with van der Waals surface area (Å²) in [7, 11) is -1.69. The van der Waals surface area contributed by atoms with Crippen molar-refractivity contribution in [2.45, 2.75) is 13.3 Å². The Morgan fingerprint density at radius 1 is 1.35 bits per heavy atom. The maximum atomic E-state index is 11.3. The summed E-state index contributed by atoms with van der Waals surface area (Å²) in [5, 5.41) is 0. The van der Waals surface area contributed by atoms with Crippen LogP contribution in [0.4, 0.5) is 5.69 Å². The second-order valence-corrected chi connectivity index (χ2v) is 6.66. The van der Waals surface area contributed by atoms with E-state index >= 15 is 0 Å². The molecule has 0 spiro atoms. The van der Waals surface area contributed by atoms with Gasteiger partial charge in [0.2, 0.25) is 0 Å². The molecular formula is C13H19NO5S. The van der Waals surface area contributed by atoms with E-state index in [4.69, 9.17) is 10.5 Å². The molecule has 1 aromatic rings. The van der Waals surface area contributed by atoms with Gasteiger partial charge in [-0.05, 0) is 24.6 Å². The largest absolute Gasteiger partial charge is 0.491 e. The molecule has 0 heterocycles. The third kappa shape index (κ3) is 4.73. The number of sulfone groups is 1. The van der Waals surface area contributed by atoms with Crippen molar-refractivity contribution >= 4 is 21.5 Å². The predicted octanol–water partition coefficient (Wildman–Crippen LogP) is 1.26. The zero-order valence-electron chi connectivity index (χ0n) is 11.6. The van der Waals surface area contributed by atoms with Crippen LogP contribution >= 0.6 is 0 Å². The molecule has 0 amide bonds. The Hall–Kier alpha value is -1.76. The Morgan fingerprint density at radius 2 is 2.05 bits per heavy atom. The molecule has 0 aliphatic rings. The van der Waals surface area contributed by atoms with Gasteiger partial charge in [0.25, 0.3) is 0 Å². The van der Waals surface area contributed by atoms with E-state index in [9.17, 15) is 13.2 Å². The average Bonchev–Trinajstić information content (AvgIpc) is 2.44. The summed E-state index contributed by atoms with van der Waals surface area (Å²) in [6, 6.07) is 4.57. The molecule has 1 aromatic carbocycles. The Labute approximate surface area is 118 Å². The molecule has 0 aliphatic carbocycles. The van der Waals surface area contributed by atoms with Gasteiger partial charge in [0, 0.05) is 5.75 Å². The van der Waals surface area contributed by atoms with Crippen LogP contribution in [-0.2, 0) is 14.6 Å². The molecule has 0 unspecified atom stereocenters. The molecular weight excluding hydrogens is 282 g/mol. The monoisotopic (exact) mass is 301 g/mol. The lowest BCUT2D eigenvalue weighted by molar-refractivity contribution is 0.0600. The summed E-state index contributed by atoms with van der Waals surface area (Å²) in [5.74, 6) is 0.163. The summed E-state index contributed by atoms with van der Waals surface area (Å²) in [4.78, 5) is 11.3. The fourth-order valence-corrected chi connectivity index (χ4v) is 2.38. The Kier molecular flexibility index (Phi) is 5.82. The minimum atomic E-state index is -2.98. The number of hydrogen-bond acceptors (Lipinski definition) is 6. The summed E-state index contributed by atoms with van der Waals surface area (Å²) in [5.41, 5.74) is 6.41. The normalized spacial score (nSPS) is 11.1. The van der Waals surface area contributed by atoms with Crippen LogP contribution in [0.15, 0.2) is 18.2 Å². The van der Waals surface area contributed by atoms with Crippen molar-refractivity contribution in [3.05, 3.63) is 23.8 Å². The maximum absolute atomic E-state index is 11.3. The van der Waals surface area contributed by atoms with Crippen LogP contribution in [0.1, 0.15) is 23.7 Å². The molecule has 0 atom stereocenters. The van der Waals surface area contributed by atoms with Gasteiger partial charge in [-0.3, -0.25) is 0 Å². The number of anilines is 1. The van der Waals surface area contributed by atoms with Crippen molar-refractivity contribution in [1.29, 1.82) is 0 Å². The Bertz CT molecular complexity index is 568. The minimum Gasteiger partial charge on any atom is -0.491 e. The lowest BCUT2D eigenvalue weighted by Crippen LogP contribution is -2.12. The second-order valence-electron chi connectivity index (χ2n) is 4.18. The van der Waals surface area contributed by atoms with Crippen LogP contribution in [0.25, 0.3) is 0 Å². The topological polar surface area (TPSA) is 95.7 Å². The van der Waals surface area contributed by atoms with E-state index in [0.29, 0.717) is 23.4 Å². The van der Waals surface area contributed by atoms with Gasteiger partial charge in [0.1, 0.15) is 15.6 Å². The second kappa shape index (κ2) is 7.14. The van der Waals surface area contributed by atoms with Crippen LogP contribution in [0, 0.1) is 0 Å². The fourth-order valence-electron chi connectivity index (χ4n) is 1.53. The number of nitrogens with two attached hydrogens (primary N) is 1. The zero-order chi connectivity index (χ0) is 15.2. The van der Waals surface area contributed by atoms with E-state index in [1.54, 1.807) is 19.1 Å². The highest BCUT2D eigenvalue weighted by atomic mass is 32.2. The SMILES string of the molecule is CCS(=O)(=O)CCCOc1ccc(C(=O)OC)cc1N. The molecule has 0 radical (unpaired) electrons. The molecule has 0 saturated carbocycles. The van der Waals surface area contributed by atoms with Gasteiger partial charge in [-0.25, -0.2) is 13.2 Å². The van der Waals surface area contributed by atoms with Crippen molar-refractivity contribution in [2.24, 2.45) is 0 Å². The molecule has 1 rings (SSSR count). The van der Waals surface area contributed by atoms with Crippen molar-refractivity contribution in [2.75, 3.05) is 31.0 Å². The van der Waals surface area contributed by atoms with Crippen molar-refractivity contribution < 1.29 is 22.7 Å². The number of nitrogen functional groups attached to an aromatic ring is 1. The first-order valence-corrected chi connectivity index (χ1v) is 8.03. The number of carbonyl (C=O) groups excluding carboxylic acids is 1. The number of benzene rings is 1. The van der Waals surface area contributed by atoms with Crippen molar-refractivity contribution in [3.8, 4) is 5.75 Å². The summed E-state index contributed by atoms with van der Waals surface area (Å²) in [6.45, 7) is 1.86. The Balaban J connectivity index is 2.55. The smallest absolute Gasteiger partial charge is 0.337 e. The van der Waals surface area contributed by atoms with Crippen LogP contribution in [0.2, 0.25) is 0 Å². The number of methoxy groups -OCH3 is 1. The highest BCUT2D eigenvalue weighted by Crippen LogP contribution is 2.23. The first-order chi connectivity index (χ1) is 9.39. The average molecular weight is 301 g/mol. The van der Waals surface area contributed by atoms with Crippen molar-refractivity contribution in [3.63, 3.8) is 0 Å². The highest BCUT2D eigenvalue weighted by Gasteiger charge is 2.10. The predicted molar refractivity (Wildman–Crippen MR) is 76.6 cm³/mol. The number of ether oxygens (including phenoxy) is 2. The van der Waals surface area contributed by atoms with Gasteiger partial charge in [-0.2, -0.15) is 0 Å². The Morgan fingerprint density at radius 3 is 2.60 bits per heavy atom. The number of esters is 1. The number of rotatable bonds is 7. The molecule has 0 aliphatic heterocycles. The van der Waals surface area contributed by atoms with Crippen LogP contribution in [-0.4, -0.2) is 39.6 Å². The fraction of sp³-hybridized carbons (Fsp3) is 0.462. The highest BCUT2D eigenvalue weighted by molar-refractivity contribution is 7.91. The van der Waals surface area contributed by atoms with Gasteiger partial charge in [0.05, 0.1) is 30.7 Å². The summed E-state index contributed by atoms with van der Waals surface area (Å²) < 4.78 is 32.6. The van der Waals surface area contributed by atoms with E-state index < -0.39 is 15.8 Å². The number of carbonyl (C=O) groups is 1. The minimum absolute atomic E-state index is 0.0870. The van der Waals surface area contributed by atoms with Gasteiger partial charge in [-0.15, -0.1) is 0 Å². The number of hydrogen-bond donors (Lipinski definition) is 1. The lowest BCUT2D eigenvalue weighted by Gasteiger charge is -2.09. The third-order valence-electron chi connectivity index (χ3n) is 2.73. The van der Waals surface area contributed by atoms with Gasteiger partial charge in [-0.1, -0.05) is 6.92 Å². The van der Waals surface area contributed by atoms with Crippen molar-refractivity contribution in [1.82, 2.24) is 0 Å². The lowest BCUT2D eigenvalue weighted by atomic mass is 10.2. The van der Waals surface area contributed by atoms with E-state index in [0.717, 1.165) is 0 Å². The van der Waals surface area contributed by atoms with Crippen LogP contribution in [0.3, 0.4) is 0 Å². The summed E-state index contributed by atoms with van der Waals surface area (Å²) >= 11 is 0. The van der Waals surface area contributed by atoms with Crippen LogP contribution in [0.5, 0.6) is 5.75 Å². The van der Waals surface area contributed by atoms with E-state index in [1.165, 1.54) is 13.2 Å². The standard InChI is InChI=1S/C13H19NO5S/c1-3-20(16,17)8-4-7-19-12-6-5-10(9-11(12)14)13(15)18-2/h5-6,9H,3-4,7-8,14H2,1-2H3. The molecule has 0 bridgehead atoms. The van der Waals surface area contributed by atoms with Gasteiger partial charge in [0.15, 0.2) is 0 Å². The van der Waals surface area contributed by atoms with E-state index in [1.807, 2.05) is 0 Å². The van der Waals surface area contributed by atoms with Gasteiger partial charge >= 0.3 is 5.97 Å². The molecule has 20 heavy (non-hydrogen) atoms. The van der Waals surface area contributed by atoms with E-state index in [-0.39, 0.29) is 18.1 Å². The molecule has 7 heteroatoms. The quantitative estimate of drug-likeness (QED) is 0.463. The molecule has 6 nitrogen and oxygen atoms in total. The molecule has 112 valence electrons. The molecule has 0 saturated heterocycles. The molecule has 0 aromatic heterocycles. The third-order valence-corrected chi connectivity index (χ3v) is 4.52. The van der Waals surface area contributed by atoms with Crippen LogP contribution < -0.4 is 10.5 Å². The van der Waals surface area contributed by atoms with Gasteiger partial charge < -0.3 is 15.2 Å². The first kappa shape index (κ1) is 16.3. The molecule has 0 fully saturated rings. The zero-order valence-corrected chi connectivity index (χ0v) is 12.4. The first-order valence-electron chi connectivity index (χ1n) is 6.20. The molecule has 2 N–H and O–H groups in total. The maximum Gasteiger partial charge on any atom is 0.337 e.